The topological polar surface area (TPSA) is 105 Å². The van der Waals surface area contributed by atoms with Crippen molar-refractivity contribution < 1.29 is 14.8 Å². The Morgan fingerprint density at radius 3 is 2.71 bits per heavy atom. The van der Waals surface area contributed by atoms with Crippen LogP contribution in [0.25, 0.3) is 10.9 Å². The van der Waals surface area contributed by atoms with Gasteiger partial charge in [-0.2, -0.15) is 0 Å². The molecule has 3 rings (SSSR count). The van der Waals surface area contributed by atoms with E-state index in [1.165, 1.54) is 18.3 Å². The Labute approximate surface area is 166 Å². The Morgan fingerprint density at radius 2 is 2.04 bits per heavy atom. The lowest BCUT2D eigenvalue weighted by molar-refractivity contribution is -0.383. The lowest BCUT2D eigenvalue weighted by Crippen LogP contribution is -2.29. The number of benzene rings is 2. The Kier molecular flexibility index (Phi) is 5.75. The lowest BCUT2D eigenvalue weighted by atomic mass is 9.95. The summed E-state index contributed by atoms with van der Waals surface area (Å²) in [5.74, 6) is -0.487. The molecule has 0 fully saturated rings. The van der Waals surface area contributed by atoms with Crippen molar-refractivity contribution >= 4 is 34.1 Å². The van der Waals surface area contributed by atoms with Crippen molar-refractivity contribution in [2.75, 3.05) is 0 Å². The molecule has 0 radical (unpaired) electrons. The number of nitro groups is 1. The molecule has 1 atom stereocenters. The van der Waals surface area contributed by atoms with Gasteiger partial charge in [-0.25, -0.2) is 0 Å². The number of carbonyl (C=O) groups is 1. The van der Waals surface area contributed by atoms with Crippen LogP contribution in [0.15, 0.2) is 48.7 Å². The Balaban J connectivity index is 2.26. The van der Waals surface area contributed by atoms with Gasteiger partial charge in [-0.3, -0.25) is 19.9 Å². The van der Waals surface area contributed by atoms with Crippen molar-refractivity contribution in [1.29, 1.82) is 0 Å². The van der Waals surface area contributed by atoms with Crippen molar-refractivity contribution in [3.05, 3.63) is 74.9 Å². The number of amides is 1. The van der Waals surface area contributed by atoms with Crippen LogP contribution in [0.4, 0.5) is 5.69 Å². The molecule has 0 unspecified atom stereocenters. The molecule has 7 nitrogen and oxygen atoms in total. The van der Waals surface area contributed by atoms with Gasteiger partial charge in [0, 0.05) is 29.3 Å². The molecule has 1 heterocycles. The molecule has 144 valence electrons. The lowest BCUT2D eigenvalue weighted by Gasteiger charge is -2.22. The molecular formula is C20H18ClN3O4. The fraction of sp³-hybridized carbons (Fsp3) is 0.200. The maximum absolute atomic E-state index is 12.3. The molecule has 0 aliphatic carbocycles. The minimum Gasteiger partial charge on any atom is -0.505 e. The van der Waals surface area contributed by atoms with Gasteiger partial charge in [-0.1, -0.05) is 36.7 Å². The van der Waals surface area contributed by atoms with Crippen LogP contribution in [-0.2, 0) is 4.79 Å². The number of rotatable bonds is 6. The summed E-state index contributed by atoms with van der Waals surface area (Å²) in [5, 5.41) is 25.9. The van der Waals surface area contributed by atoms with E-state index < -0.39 is 11.0 Å². The molecule has 1 amide bonds. The van der Waals surface area contributed by atoms with E-state index in [-0.39, 0.29) is 40.2 Å². The van der Waals surface area contributed by atoms with Gasteiger partial charge >= 0.3 is 0 Å². The third kappa shape index (κ3) is 3.75. The summed E-state index contributed by atoms with van der Waals surface area (Å²) in [7, 11) is 0. The maximum Gasteiger partial charge on any atom is 0.279 e. The second kappa shape index (κ2) is 8.22. The Bertz CT molecular complexity index is 1050. The molecule has 2 N–H and O–H groups in total. The van der Waals surface area contributed by atoms with Gasteiger partial charge in [0.2, 0.25) is 5.91 Å². The molecule has 0 aliphatic rings. The Hall–Kier alpha value is -3.19. The van der Waals surface area contributed by atoms with Crippen LogP contribution >= 0.6 is 11.6 Å². The molecule has 0 aliphatic heterocycles. The number of pyridine rings is 1. The van der Waals surface area contributed by atoms with E-state index in [9.17, 15) is 20.0 Å². The zero-order valence-electron chi connectivity index (χ0n) is 15.1. The van der Waals surface area contributed by atoms with E-state index in [0.29, 0.717) is 17.0 Å². The van der Waals surface area contributed by atoms with E-state index in [4.69, 9.17) is 11.6 Å². The van der Waals surface area contributed by atoms with Crippen LogP contribution in [0.1, 0.15) is 36.9 Å². The predicted octanol–water partition coefficient (Wildman–Crippen LogP) is 4.51. The number of halogens is 1. The number of nitro benzene ring substituents is 1. The number of non-ortho nitro benzene ring substituents is 1. The average Bonchev–Trinajstić information content (AvgIpc) is 2.67. The molecule has 3 aromatic rings. The van der Waals surface area contributed by atoms with Gasteiger partial charge in [0.25, 0.3) is 5.69 Å². The van der Waals surface area contributed by atoms with E-state index in [1.54, 1.807) is 30.3 Å². The summed E-state index contributed by atoms with van der Waals surface area (Å²) in [6.07, 6.45) is 2.35. The quantitative estimate of drug-likeness (QED) is 0.468. The zero-order valence-corrected chi connectivity index (χ0v) is 15.8. The predicted molar refractivity (Wildman–Crippen MR) is 106 cm³/mol. The highest BCUT2D eigenvalue weighted by Crippen LogP contribution is 2.40. The maximum atomic E-state index is 12.3. The van der Waals surface area contributed by atoms with Gasteiger partial charge < -0.3 is 10.4 Å². The van der Waals surface area contributed by atoms with Crippen LogP contribution in [0.3, 0.4) is 0 Å². The van der Waals surface area contributed by atoms with Crippen LogP contribution in [0.2, 0.25) is 5.02 Å². The van der Waals surface area contributed by atoms with Crippen molar-refractivity contribution in [3.63, 3.8) is 0 Å². The highest BCUT2D eigenvalue weighted by molar-refractivity contribution is 6.31. The standard InChI is InChI=1S/C20H18ClN3O4/c1-2-6-17(25)23-18(12-7-3-4-9-15(12)21)14-11-16(24(27)28)13-8-5-10-22-19(13)20(14)26/h3-5,7-11,18,26H,2,6H2,1H3,(H,23,25)/t18-/m0/s1. The van der Waals surface area contributed by atoms with E-state index in [0.717, 1.165) is 0 Å². The average molecular weight is 400 g/mol. The SMILES string of the molecule is CCCC(=O)N[C@@H](c1ccccc1Cl)c1cc([N+](=O)[O-])c2cccnc2c1O. The number of nitrogens with one attached hydrogen (secondary N) is 1. The third-order valence-corrected chi connectivity index (χ3v) is 4.72. The summed E-state index contributed by atoms with van der Waals surface area (Å²) >= 11 is 6.32. The van der Waals surface area contributed by atoms with E-state index in [2.05, 4.69) is 10.3 Å². The molecule has 2 aromatic carbocycles. The molecule has 0 spiro atoms. The molecule has 28 heavy (non-hydrogen) atoms. The first-order valence-electron chi connectivity index (χ1n) is 8.72. The summed E-state index contributed by atoms with van der Waals surface area (Å²) < 4.78 is 0. The summed E-state index contributed by atoms with van der Waals surface area (Å²) in [5.41, 5.74) is 0.565. The number of hydrogen-bond donors (Lipinski definition) is 2. The fourth-order valence-electron chi connectivity index (χ4n) is 3.09. The van der Waals surface area contributed by atoms with Gasteiger partial charge in [-0.15, -0.1) is 0 Å². The van der Waals surface area contributed by atoms with Gasteiger partial charge in [0.15, 0.2) is 0 Å². The summed E-state index contributed by atoms with van der Waals surface area (Å²) in [6, 6.07) is 10.3. The Morgan fingerprint density at radius 1 is 1.29 bits per heavy atom. The first kappa shape index (κ1) is 19.6. The fourth-order valence-corrected chi connectivity index (χ4v) is 3.34. The number of fused-ring (bicyclic) bond motifs is 1. The molecule has 1 aromatic heterocycles. The van der Waals surface area contributed by atoms with Crippen LogP contribution in [0.5, 0.6) is 5.75 Å². The van der Waals surface area contributed by atoms with Crippen molar-refractivity contribution in [2.24, 2.45) is 0 Å². The second-order valence-corrected chi connectivity index (χ2v) is 6.67. The van der Waals surface area contributed by atoms with Crippen LogP contribution < -0.4 is 5.32 Å². The summed E-state index contributed by atoms with van der Waals surface area (Å²) in [4.78, 5) is 27.5. The first-order valence-corrected chi connectivity index (χ1v) is 9.10. The van der Waals surface area contributed by atoms with Gasteiger partial charge in [-0.05, 0) is 30.2 Å². The van der Waals surface area contributed by atoms with Crippen molar-refractivity contribution in [2.45, 2.75) is 25.8 Å². The van der Waals surface area contributed by atoms with Gasteiger partial charge in [0.1, 0.15) is 11.3 Å². The third-order valence-electron chi connectivity index (χ3n) is 4.38. The minimum atomic E-state index is -0.863. The largest absolute Gasteiger partial charge is 0.505 e. The van der Waals surface area contributed by atoms with Crippen LogP contribution in [0, 0.1) is 10.1 Å². The highest BCUT2D eigenvalue weighted by Gasteiger charge is 2.27. The number of aromatic nitrogens is 1. The van der Waals surface area contributed by atoms with Crippen LogP contribution in [-0.4, -0.2) is 20.9 Å². The number of aromatic hydroxyl groups is 1. The molecule has 0 saturated heterocycles. The molecule has 8 heteroatoms. The molecule has 0 bridgehead atoms. The number of phenols is 1. The highest BCUT2D eigenvalue weighted by atomic mass is 35.5. The summed E-state index contributed by atoms with van der Waals surface area (Å²) in [6.45, 7) is 1.87. The number of hydrogen-bond acceptors (Lipinski definition) is 5. The van der Waals surface area contributed by atoms with Gasteiger partial charge in [0.05, 0.1) is 16.4 Å². The smallest absolute Gasteiger partial charge is 0.279 e. The van der Waals surface area contributed by atoms with Crippen molar-refractivity contribution in [3.8, 4) is 5.75 Å². The molecular weight excluding hydrogens is 382 g/mol. The van der Waals surface area contributed by atoms with Crippen molar-refractivity contribution in [1.82, 2.24) is 10.3 Å². The van der Waals surface area contributed by atoms with E-state index in [1.807, 2.05) is 6.92 Å². The number of phenolic OH excluding ortho intramolecular Hbond substituents is 1. The second-order valence-electron chi connectivity index (χ2n) is 6.26. The first-order chi connectivity index (χ1) is 13.4. The normalized spacial score (nSPS) is 11.9. The number of carbonyl (C=O) groups excluding carboxylic acids is 1. The van der Waals surface area contributed by atoms with E-state index >= 15 is 0 Å². The number of nitrogens with zero attached hydrogens (tertiary/aromatic N) is 2. The molecule has 0 saturated carbocycles. The zero-order chi connectivity index (χ0) is 20.3. The monoisotopic (exact) mass is 399 g/mol. The minimum absolute atomic E-state index is 0.0912.